The molecule has 0 aromatic heterocycles. The average molecular weight is 176 g/mol. The van der Waals surface area contributed by atoms with Crippen LogP contribution < -0.4 is 0 Å². The number of nitrogens with zero attached hydrogens (tertiary/aromatic N) is 2. The zero-order valence-electron chi connectivity index (χ0n) is 6.93. The van der Waals surface area contributed by atoms with Crippen molar-refractivity contribution in [1.82, 2.24) is 0 Å². The Labute approximate surface area is 75.8 Å². The number of non-ortho nitro benzene ring substituents is 1. The highest BCUT2D eigenvalue weighted by Crippen LogP contribution is 2.11. The van der Waals surface area contributed by atoms with Gasteiger partial charge in [-0.2, -0.15) is 0 Å². The number of hydrogen-bond donors (Lipinski definition) is 0. The molecule has 1 aromatic carbocycles. The summed E-state index contributed by atoms with van der Waals surface area (Å²) in [6.07, 6.45) is 0.654. The fraction of sp³-hybridized carbons (Fsp3) is 0.222. The van der Waals surface area contributed by atoms with Crippen LogP contribution in [-0.2, 0) is 6.42 Å². The number of benzene rings is 1. The molecule has 4 heteroatoms. The molecular weight excluding hydrogens is 168 g/mol. The van der Waals surface area contributed by atoms with E-state index in [4.69, 9.17) is 6.57 Å². The second-order valence-electron chi connectivity index (χ2n) is 2.56. The Morgan fingerprint density at radius 2 is 2.00 bits per heavy atom. The Morgan fingerprint density at radius 3 is 2.46 bits per heavy atom. The lowest BCUT2D eigenvalue weighted by Gasteiger charge is -1.94. The summed E-state index contributed by atoms with van der Waals surface area (Å²) < 4.78 is 0. The van der Waals surface area contributed by atoms with Crippen LogP contribution >= 0.6 is 0 Å². The summed E-state index contributed by atoms with van der Waals surface area (Å²) >= 11 is 0. The second-order valence-corrected chi connectivity index (χ2v) is 2.56. The predicted octanol–water partition coefficient (Wildman–Crippen LogP) is 2.06. The van der Waals surface area contributed by atoms with Crippen LogP contribution in [0.5, 0.6) is 0 Å². The highest BCUT2D eigenvalue weighted by molar-refractivity contribution is 5.33. The number of hydrogen-bond acceptors (Lipinski definition) is 2. The molecule has 0 aliphatic rings. The van der Waals surface area contributed by atoms with Crippen LogP contribution in [0.2, 0.25) is 0 Å². The van der Waals surface area contributed by atoms with Crippen LogP contribution in [0.15, 0.2) is 24.3 Å². The molecule has 0 spiro atoms. The smallest absolute Gasteiger partial charge is 0.269 e. The molecule has 0 fully saturated rings. The maximum Gasteiger partial charge on any atom is 0.269 e. The fourth-order valence-corrected chi connectivity index (χ4v) is 0.969. The molecule has 0 radical (unpaired) electrons. The Morgan fingerprint density at radius 1 is 1.38 bits per heavy atom. The third-order valence-corrected chi connectivity index (χ3v) is 1.66. The van der Waals surface area contributed by atoms with Crippen LogP contribution in [0.25, 0.3) is 4.85 Å². The minimum atomic E-state index is -0.432. The third kappa shape index (κ3) is 2.56. The van der Waals surface area contributed by atoms with Gasteiger partial charge in [0.15, 0.2) is 0 Å². The van der Waals surface area contributed by atoms with E-state index in [0.29, 0.717) is 13.0 Å². The van der Waals surface area contributed by atoms with E-state index in [1.165, 1.54) is 12.1 Å². The average Bonchev–Trinajstić information content (AvgIpc) is 2.15. The molecule has 0 aliphatic carbocycles. The summed E-state index contributed by atoms with van der Waals surface area (Å²) in [5.41, 5.74) is 1.05. The van der Waals surface area contributed by atoms with Gasteiger partial charge in [0.25, 0.3) is 5.69 Å². The van der Waals surface area contributed by atoms with Gasteiger partial charge in [0.05, 0.1) is 4.92 Å². The molecule has 0 unspecified atom stereocenters. The predicted molar refractivity (Wildman–Crippen MR) is 48.3 cm³/mol. The van der Waals surface area contributed by atoms with Gasteiger partial charge in [-0.3, -0.25) is 10.1 Å². The minimum absolute atomic E-state index is 0.0894. The molecule has 66 valence electrons. The zero-order valence-corrected chi connectivity index (χ0v) is 6.93. The van der Waals surface area contributed by atoms with Crippen molar-refractivity contribution in [2.75, 3.05) is 6.54 Å². The van der Waals surface area contributed by atoms with Gasteiger partial charge in [-0.1, -0.05) is 12.1 Å². The van der Waals surface area contributed by atoms with Crippen LogP contribution in [0.1, 0.15) is 5.56 Å². The molecule has 0 heterocycles. The molecule has 1 rings (SSSR count). The summed E-state index contributed by atoms with van der Waals surface area (Å²) in [5.74, 6) is 0. The summed E-state index contributed by atoms with van der Waals surface area (Å²) in [6.45, 7) is 7.01. The van der Waals surface area contributed by atoms with Crippen LogP contribution in [0.4, 0.5) is 5.69 Å². The molecule has 0 saturated heterocycles. The van der Waals surface area contributed by atoms with E-state index in [0.717, 1.165) is 5.56 Å². The van der Waals surface area contributed by atoms with E-state index in [1.807, 2.05) is 0 Å². The maximum absolute atomic E-state index is 10.3. The van der Waals surface area contributed by atoms with Gasteiger partial charge in [0, 0.05) is 18.6 Å². The number of nitro groups is 1. The van der Waals surface area contributed by atoms with Crippen molar-refractivity contribution in [3.63, 3.8) is 0 Å². The Balaban J connectivity index is 2.71. The maximum atomic E-state index is 10.3. The molecule has 0 atom stereocenters. The molecule has 0 N–H and O–H groups in total. The quantitative estimate of drug-likeness (QED) is 0.402. The first-order valence-electron chi connectivity index (χ1n) is 3.80. The topological polar surface area (TPSA) is 47.5 Å². The molecule has 13 heavy (non-hydrogen) atoms. The van der Waals surface area contributed by atoms with Gasteiger partial charge in [0.1, 0.15) is 0 Å². The molecular formula is C9H8N2O2. The molecule has 0 bridgehead atoms. The van der Waals surface area contributed by atoms with E-state index in [1.54, 1.807) is 12.1 Å². The van der Waals surface area contributed by atoms with E-state index < -0.39 is 4.92 Å². The van der Waals surface area contributed by atoms with Crippen molar-refractivity contribution < 1.29 is 4.92 Å². The minimum Gasteiger partial charge on any atom is -0.317 e. The lowest BCUT2D eigenvalue weighted by atomic mass is 10.1. The van der Waals surface area contributed by atoms with Crippen molar-refractivity contribution in [3.05, 3.63) is 51.4 Å². The van der Waals surface area contributed by atoms with Gasteiger partial charge >= 0.3 is 0 Å². The largest absolute Gasteiger partial charge is 0.317 e. The first-order valence-corrected chi connectivity index (χ1v) is 3.80. The Hall–Kier alpha value is -1.89. The van der Waals surface area contributed by atoms with E-state index in [2.05, 4.69) is 4.85 Å². The van der Waals surface area contributed by atoms with Crippen molar-refractivity contribution in [1.29, 1.82) is 0 Å². The van der Waals surface area contributed by atoms with Gasteiger partial charge in [-0.25, -0.2) is 6.57 Å². The summed E-state index contributed by atoms with van der Waals surface area (Å²) in [5, 5.41) is 10.3. The standard InChI is InChI=1S/C9H8N2O2/c1-10-7-6-8-2-4-9(5-3-8)11(12)13/h2-5H,6-7H2. The summed E-state index contributed by atoms with van der Waals surface area (Å²) in [7, 11) is 0. The van der Waals surface area contributed by atoms with E-state index in [-0.39, 0.29) is 5.69 Å². The first-order chi connectivity index (χ1) is 6.24. The lowest BCUT2D eigenvalue weighted by molar-refractivity contribution is -0.384. The van der Waals surface area contributed by atoms with Crippen molar-refractivity contribution in [2.24, 2.45) is 0 Å². The Bertz CT molecular complexity index is 338. The van der Waals surface area contributed by atoms with Gasteiger partial charge < -0.3 is 4.85 Å². The van der Waals surface area contributed by atoms with Gasteiger partial charge in [0.2, 0.25) is 6.54 Å². The lowest BCUT2D eigenvalue weighted by Crippen LogP contribution is -1.90. The van der Waals surface area contributed by atoms with Crippen molar-refractivity contribution >= 4 is 5.69 Å². The van der Waals surface area contributed by atoms with E-state index in [9.17, 15) is 10.1 Å². The SMILES string of the molecule is [C-]#[N+]CCc1ccc([N+](=O)[O-])cc1. The van der Waals surface area contributed by atoms with Gasteiger partial charge in [-0.15, -0.1) is 0 Å². The van der Waals surface area contributed by atoms with Crippen LogP contribution in [-0.4, -0.2) is 11.5 Å². The third-order valence-electron chi connectivity index (χ3n) is 1.66. The molecule has 1 aromatic rings. The van der Waals surface area contributed by atoms with Crippen molar-refractivity contribution in [2.45, 2.75) is 6.42 Å². The number of nitro benzene ring substituents is 1. The van der Waals surface area contributed by atoms with E-state index >= 15 is 0 Å². The van der Waals surface area contributed by atoms with Crippen molar-refractivity contribution in [3.8, 4) is 0 Å². The molecule has 0 amide bonds. The monoisotopic (exact) mass is 176 g/mol. The summed E-state index contributed by atoms with van der Waals surface area (Å²) in [4.78, 5) is 13.1. The first kappa shape index (κ1) is 9.20. The fourth-order valence-electron chi connectivity index (χ4n) is 0.969. The molecule has 0 aliphatic heterocycles. The van der Waals surface area contributed by atoms with Gasteiger partial charge in [-0.05, 0) is 5.56 Å². The zero-order chi connectivity index (χ0) is 9.68. The number of rotatable bonds is 3. The summed E-state index contributed by atoms with van der Waals surface area (Å²) in [6, 6.07) is 6.28. The Kier molecular flexibility index (Phi) is 2.98. The highest BCUT2D eigenvalue weighted by Gasteiger charge is 2.03. The second kappa shape index (κ2) is 4.21. The van der Waals surface area contributed by atoms with Crippen LogP contribution in [0.3, 0.4) is 0 Å². The molecule has 4 nitrogen and oxygen atoms in total. The molecule has 0 saturated carbocycles. The van der Waals surface area contributed by atoms with Crippen LogP contribution in [0, 0.1) is 16.7 Å². The normalized spacial score (nSPS) is 9.15. The highest BCUT2D eigenvalue weighted by atomic mass is 16.6.